The number of anilines is 1. The zero-order chi connectivity index (χ0) is 22.2. The van der Waals surface area contributed by atoms with E-state index < -0.39 is 0 Å². The molecular formula is C26H23N3O3. The van der Waals surface area contributed by atoms with Gasteiger partial charge in [0.25, 0.3) is 11.8 Å². The minimum Gasteiger partial charge on any atom is -0.341 e. The molecule has 0 saturated carbocycles. The van der Waals surface area contributed by atoms with Gasteiger partial charge in [0.05, 0.1) is 11.1 Å². The standard InChI is InChI=1S/C26H23N3O3/c1-2-28-22-11-6-5-8-18(22)21-16-17(13-14-23(21)28)27-24(30)12-7-15-29-25(31)19-9-3-4-10-20(19)26(29)32/h3-6,8-11,13-14,16H,2,7,12,15H2,1H3,(H,27,30). The molecule has 0 unspecified atom stereocenters. The Labute approximate surface area is 185 Å². The van der Waals surface area contributed by atoms with Gasteiger partial charge in [0.2, 0.25) is 5.91 Å². The lowest BCUT2D eigenvalue weighted by molar-refractivity contribution is -0.116. The molecule has 3 amide bonds. The molecule has 1 aliphatic heterocycles. The predicted octanol–water partition coefficient (Wildman–Crippen LogP) is 4.83. The summed E-state index contributed by atoms with van der Waals surface area (Å²) < 4.78 is 2.26. The minimum absolute atomic E-state index is 0.139. The van der Waals surface area contributed by atoms with Crippen LogP contribution in [0.1, 0.15) is 40.5 Å². The van der Waals surface area contributed by atoms with E-state index in [2.05, 4.69) is 28.9 Å². The van der Waals surface area contributed by atoms with Crippen molar-refractivity contribution < 1.29 is 14.4 Å². The fourth-order valence-corrected chi connectivity index (χ4v) is 4.54. The molecule has 5 rings (SSSR count). The third-order valence-electron chi connectivity index (χ3n) is 6.04. The van der Waals surface area contributed by atoms with Crippen LogP contribution in [0.15, 0.2) is 66.7 Å². The van der Waals surface area contributed by atoms with Crippen LogP contribution in [0.2, 0.25) is 0 Å². The van der Waals surface area contributed by atoms with Crippen LogP contribution in [0.5, 0.6) is 0 Å². The van der Waals surface area contributed by atoms with Crippen molar-refractivity contribution >= 4 is 45.2 Å². The molecule has 6 nitrogen and oxygen atoms in total. The second-order valence-corrected chi connectivity index (χ2v) is 7.95. The molecule has 6 heteroatoms. The van der Waals surface area contributed by atoms with E-state index >= 15 is 0 Å². The van der Waals surface area contributed by atoms with Gasteiger partial charge in [0.15, 0.2) is 0 Å². The van der Waals surface area contributed by atoms with E-state index in [4.69, 9.17) is 0 Å². The molecule has 0 aliphatic carbocycles. The smallest absolute Gasteiger partial charge is 0.261 e. The number of amides is 3. The summed E-state index contributed by atoms with van der Waals surface area (Å²) in [4.78, 5) is 38.6. The van der Waals surface area contributed by atoms with E-state index in [1.807, 2.05) is 30.3 Å². The second-order valence-electron chi connectivity index (χ2n) is 7.95. The van der Waals surface area contributed by atoms with Crippen molar-refractivity contribution in [3.8, 4) is 0 Å². The van der Waals surface area contributed by atoms with E-state index in [0.717, 1.165) is 28.5 Å². The number of nitrogens with zero attached hydrogens (tertiary/aromatic N) is 2. The third kappa shape index (κ3) is 3.24. The van der Waals surface area contributed by atoms with Crippen LogP contribution in [0.25, 0.3) is 21.8 Å². The van der Waals surface area contributed by atoms with E-state index in [0.29, 0.717) is 17.5 Å². The van der Waals surface area contributed by atoms with Crippen molar-refractivity contribution in [3.63, 3.8) is 0 Å². The van der Waals surface area contributed by atoms with Gasteiger partial charge in [-0.25, -0.2) is 0 Å². The highest BCUT2D eigenvalue weighted by Gasteiger charge is 2.34. The molecule has 4 aromatic rings. The molecule has 2 heterocycles. The van der Waals surface area contributed by atoms with Crippen LogP contribution in [0.4, 0.5) is 5.69 Å². The number of carbonyl (C=O) groups excluding carboxylic acids is 3. The molecule has 0 spiro atoms. The lowest BCUT2D eigenvalue weighted by Crippen LogP contribution is -2.31. The van der Waals surface area contributed by atoms with E-state index in [1.54, 1.807) is 24.3 Å². The fraction of sp³-hybridized carbons (Fsp3) is 0.192. The van der Waals surface area contributed by atoms with Gasteiger partial charge >= 0.3 is 0 Å². The Bertz CT molecular complexity index is 1350. The number of fused-ring (bicyclic) bond motifs is 4. The summed E-state index contributed by atoms with van der Waals surface area (Å²) in [5.41, 5.74) is 3.91. The summed E-state index contributed by atoms with van der Waals surface area (Å²) in [6, 6.07) is 21.0. The van der Waals surface area contributed by atoms with E-state index in [9.17, 15) is 14.4 Å². The first-order chi connectivity index (χ1) is 15.6. The molecule has 0 atom stereocenters. The molecule has 160 valence electrons. The molecule has 1 aromatic heterocycles. The molecule has 0 radical (unpaired) electrons. The number of hydrogen-bond donors (Lipinski definition) is 1. The maximum Gasteiger partial charge on any atom is 0.261 e. The average molecular weight is 425 g/mol. The van der Waals surface area contributed by atoms with E-state index in [1.165, 1.54) is 10.4 Å². The van der Waals surface area contributed by atoms with Crippen LogP contribution >= 0.6 is 0 Å². The van der Waals surface area contributed by atoms with Gasteiger partial charge in [0, 0.05) is 47.0 Å². The van der Waals surface area contributed by atoms with Gasteiger partial charge in [0.1, 0.15) is 0 Å². The first kappa shape index (κ1) is 20.0. The maximum absolute atomic E-state index is 12.5. The van der Waals surface area contributed by atoms with Crippen LogP contribution < -0.4 is 5.32 Å². The second kappa shape index (κ2) is 7.96. The van der Waals surface area contributed by atoms with Crippen LogP contribution in [0.3, 0.4) is 0 Å². The van der Waals surface area contributed by atoms with E-state index in [-0.39, 0.29) is 30.7 Å². The SMILES string of the molecule is CCn1c2ccccc2c2cc(NC(=O)CCCN3C(=O)c4ccccc4C3=O)ccc21. The number of rotatable bonds is 6. The molecule has 1 N–H and O–H groups in total. The Kier molecular flexibility index (Phi) is 4.98. The number of benzene rings is 3. The highest BCUT2D eigenvalue weighted by Crippen LogP contribution is 2.31. The van der Waals surface area contributed by atoms with Gasteiger partial charge in [-0.15, -0.1) is 0 Å². The summed E-state index contributed by atoms with van der Waals surface area (Å²) in [5.74, 6) is -0.715. The Morgan fingerprint density at radius 1 is 0.844 bits per heavy atom. The summed E-state index contributed by atoms with van der Waals surface area (Å²) in [5, 5.41) is 5.22. The molecule has 3 aromatic carbocycles. The minimum atomic E-state index is -0.288. The Morgan fingerprint density at radius 3 is 2.22 bits per heavy atom. The summed E-state index contributed by atoms with van der Waals surface area (Å²) in [6.07, 6.45) is 0.636. The van der Waals surface area contributed by atoms with Crippen molar-refractivity contribution in [2.24, 2.45) is 0 Å². The summed E-state index contributed by atoms with van der Waals surface area (Å²) in [6.45, 7) is 3.21. The number of carbonyl (C=O) groups is 3. The van der Waals surface area contributed by atoms with Gasteiger partial charge in [-0.2, -0.15) is 0 Å². The number of nitrogens with one attached hydrogen (secondary N) is 1. The Morgan fingerprint density at radius 2 is 1.50 bits per heavy atom. The van der Waals surface area contributed by atoms with Gasteiger partial charge < -0.3 is 9.88 Å². The van der Waals surface area contributed by atoms with Crippen LogP contribution in [-0.4, -0.2) is 33.7 Å². The number of hydrogen-bond acceptors (Lipinski definition) is 3. The number of para-hydroxylation sites is 1. The Balaban J connectivity index is 1.26. The topological polar surface area (TPSA) is 71.4 Å². The lowest BCUT2D eigenvalue weighted by Gasteiger charge is -2.13. The van der Waals surface area contributed by atoms with Crippen LogP contribution in [0, 0.1) is 0 Å². The molecule has 1 aliphatic rings. The third-order valence-corrected chi connectivity index (χ3v) is 6.04. The van der Waals surface area contributed by atoms with Crippen molar-refractivity contribution in [1.82, 2.24) is 9.47 Å². The number of imide groups is 1. The van der Waals surface area contributed by atoms with Crippen molar-refractivity contribution in [2.45, 2.75) is 26.3 Å². The zero-order valence-electron chi connectivity index (χ0n) is 17.8. The lowest BCUT2D eigenvalue weighted by atomic mass is 10.1. The maximum atomic E-state index is 12.5. The first-order valence-corrected chi connectivity index (χ1v) is 10.8. The molecule has 0 saturated heterocycles. The van der Waals surface area contributed by atoms with Gasteiger partial charge in [-0.3, -0.25) is 19.3 Å². The fourth-order valence-electron chi connectivity index (χ4n) is 4.54. The first-order valence-electron chi connectivity index (χ1n) is 10.8. The predicted molar refractivity (Wildman–Crippen MR) is 125 cm³/mol. The molecule has 0 fully saturated rings. The van der Waals surface area contributed by atoms with Gasteiger partial charge in [-0.05, 0) is 49.7 Å². The zero-order valence-corrected chi connectivity index (χ0v) is 17.8. The number of aromatic nitrogens is 1. The monoisotopic (exact) mass is 425 g/mol. The summed E-state index contributed by atoms with van der Waals surface area (Å²) in [7, 11) is 0. The van der Waals surface area contributed by atoms with Crippen molar-refractivity contribution in [3.05, 3.63) is 77.9 Å². The molecule has 32 heavy (non-hydrogen) atoms. The van der Waals surface area contributed by atoms with Crippen LogP contribution in [-0.2, 0) is 11.3 Å². The van der Waals surface area contributed by atoms with Gasteiger partial charge in [-0.1, -0.05) is 30.3 Å². The normalized spacial score (nSPS) is 13.2. The highest BCUT2D eigenvalue weighted by molar-refractivity contribution is 6.21. The summed E-state index contributed by atoms with van der Waals surface area (Å²) >= 11 is 0. The van der Waals surface area contributed by atoms with Crippen molar-refractivity contribution in [2.75, 3.05) is 11.9 Å². The van der Waals surface area contributed by atoms with Crippen molar-refractivity contribution in [1.29, 1.82) is 0 Å². The highest BCUT2D eigenvalue weighted by atomic mass is 16.2. The molecule has 0 bridgehead atoms. The largest absolute Gasteiger partial charge is 0.341 e. The Hall–Kier alpha value is -3.93. The average Bonchev–Trinajstić information content (AvgIpc) is 3.26. The quantitative estimate of drug-likeness (QED) is 0.450. The molecular weight excluding hydrogens is 402 g/mol. The number of aryl methyl sites for hydroxylation is 1.